The van der Waals surface area contributed by atoms with Crippen LogP contribution in [0.5, 0.6) is 0 Å². The maximum Gasteiger partial charge on any atom is 0.327 e. The van der Waals surface area contributed by atoms with Crippen molar-refractivity contribution in [2.24, 2.45) is 11.8 Å². The Labute approximate surface area is 111 Å². The van der Waals surface area contributed by atoms with Crippen LogP contribution in [0, 0.1) is 11.8 Å². The highest BCUT2D eigenvalue weighted by atomic mass is 32.2. The van der Waals surface area contributed by atoms with Crippen LogP contribution in [0.3, 0.4) is 0 Å². The molecule has 0 aromatic heterocycles. The summed E-state index contributed by atoms with van der Waals surface area (Å²) in [4.78, 5) is 21.7. The van der Waals surface area contributed by atoms with Crippen LogP contribution >= 0.6 is 0 Å². The second kappa shape index (κ2) is 8.24. The molecule has 0 aromatic rings. The van der Waals surface area contributed by atoms with Crippen LogP contribution in [0.2, 0.25) is 0 Å². The molecule has 0 spiro atoms. The molecule has 0 aliphatic heterocycles. The molecule has 5 nitrogen and oxygen atoms in total. The summed E-state index contributed by atoms with van der Waals surface area (Å²) in [6.07, 6.45) is 0.962. The van der Waals surface area contributed by atoms with Crippen molar-refractivity contribution in [2.75, 3.05) is 11.5 Å². The van der Waals surface area contributed by atoms with Gasteiger partial charge >= 0.3 is 5.97 Å². The molecule has 2 N–H and O–H groups in total. The molecule has 0 aliphatic rings. The minimum Gasteiger partial charge on any atom is -0.480 e. The largest absolute Gasteiger partial charge is 0.480 e. The first-order valence-electron chi connectivity index (χ1n) is 6.07. The van der Waals surface area contributed by atoms with E-state index in [1.54, 1.807) is 0 Å². The van der Waals surface area contributed by atoms with Gasteiger partial charge in [-0.2, -0.15) is 0 Å². The van der Waals surface area contributed by atoms with Crippen LogP contribution in [0.25, 0.3) is 0 Å². The lowest BCUT2D eigenvalue weighted by molar-refractivity contribution is -0.140. The Morgan fingerprint density at radius 3 is 2.17 bits per heavy atom. The molecule has 0 saturated carbocycles. The summed E-state index contributed by atoms with van der Waals surface area (Å²) in [7, 11) is -1.23. The van der Waals surface area contributed by atoms with Crippen LogP contribution in [0.15, 0.2) is 0 Å². The molecular weight excluding hydrogens is 254 g/mol. The van der Waals surface area contributed by atoms with Crippen LogP contribution in [-0.2, 0) is 20.4 Å². The summed E-state index contributed by atoms with van der Waals surface area (Å²) in [5.41, 5.74) is 0. The number of carbonyl (C=O) groups is 2. The Morgan fingerprint density at radius 1 is 1.22 bits per heavy atom. The van der Waals surface area contributed by atoms with E-state index in [1.165, 1.54) is 6.92 Å². The zero-order valence-electron chi connectivity index (χ0n) is 11.4. The molecule has 0 aliphatic carbocycles. The Balaban J connectivity index is 4.25. The average molecular weight is 277 g/mol. The monoisotopic (exact) mass is 277 g/mol. The van der Waals surface area contributed by atoms with Crippen LogP contribution in [0.1, 0.15) is 34.1 Å². The van der Waals surface area contributed by atoms with Crippen molar-refractivity contribution < 1.29 is 18.9 Å². The zero-order valence-corrected chi connectivity index (χ0v) is 12.3. The van der Waals surface area contributed by atoms with Gasteiger partial charge in [-0.1, -0.05) is 20.8 Å². The topological polar surface area (TPSA) is 83.5 Å². The predicted octanol–water partition coefficient (Wildman–Crippen LogP) is 1.01. The minimum absolute atomic E-state index is 0.0304. The number of amides is 1. The summed E-state index contributed by atoms with van der Waals surface area (Å²) in [5, 5.41) is 11.2. The normalized spacial score (nSPS) is 16.1. The minimum atomic E-state index is -1.23. The Bertz CT molecular complexity index is 317. The summed E-state index contributed by atoms with van der Waals surface area (Å²) < 4.78 is 11.8. The molecular formula is C12H23NO4S. The first kappa shape index (κ1) is 17.1. The fourth-order valence-corrected chi connectivity index (χ4v) is 3.37. The lowest BCUT2D eigenvalue weighted by Gasteiger charge is -2.16. The molecule has 0 rings (SSSR count). The van der Waals surface area contributed by atoms with Gasteiger partial charge in [-0.15, -0.1) is 0 Å². The number of carboxylic acids is 1. The summed E-state index contributed by atoms with van der Waals surface area (Å²) >= 11 is 0. The molecule has 0 saturated heterocycles. The van der Waals surface area contributed by atoms with E-state index < -0.39 is 28.7 Å². The molecule has 18 heavy (non-hydrogen) atoms. The van der Waals surface area contributed by atoms with Gasteiger partial charge in [0.2, 0.25) is 5.91 Å². The van der Waals surface area contributed by atoms with E-state index >= 15 is 0 Å². The molecule has 3 atom stereocenters. The van der Waals surface area contributed by atoms with Gasteiger partial charge < -0.3 is 10.4 Å². The summed E-state index contributed by atoms with van der Waals surface area (Å²) in [6.45, 7) is 7.44. The third kappa shape index (κ3) is 8.22. The van der Waals surface area contributed by atoms with Crippen molar-refractivity contribution >= 4 is 22.7 Å². The highest BCUT2D eigenvalue weighted by Crippen LogP contribution is 2.12. The van der Waals surface area contributed by atoms with Crippen molar-refractivity contribution in [2.45, 2.75) is 40.2 Å². The van der Waals surface area contributed by atoms with E-state index in [0.29, 0.717) is 11.7 Å². The van der Waals surface area contributed by atoms with E-state index in [-0.39, 0.29) is 11.7 Å². The molecule has 3 unspecified atom stereocenters. The molecule has 0 radical (unpaired) electrons. The molecule has 0 heterocycles. The number of aliphatic carboxylic acids is 1. The molecule has 0 aromatic carbocycles. The van der Waals surface area contributed by atoms with Crippen LogP contribution in [-0.4, -0.2) is 38.7 Å². The van der Waals surface area contributed by atoms with Gasteiger partial charge in [0.15, 0.2) is 0 Å². The van der Waals surface area contributed by atoms with Gasteiger partial charge in [-0.3, -0.25) is 9.00 Å². The highest BCUT2D eigenvalue weighted by molar-refractivity contribution is 7.85. The zero-order chi connectivity index (χ0) is 14.3. The second-order valence-electron chi connectivity index (χ2n) is 5.10. The number of carbonyl (C=O) groups excluding carboxylic acids is 1. The summed E-state index contributed by atoms with van der Waals surface area (Å²) in [6, 6.07) is -1.06. The first-order valence-corrected chi connectivity index (χ1v) is 7.56. The van der Waals surface area contributed by atoms with Gasteiger partial charge in [0, 0.05) is 23.5 Å². The van der Waals surface area contributed by atoms with Crippen LogP contribution < -0.4 is 5.32 Å². The number of hydrogen-bond acceptors (Lipinski definition) is 3. The van der Waals surface area contributed by atoms with E-state index in [1.807, 2.05) is 6.92 Å². The van der Waals surface area contributed by atoms with Crippen molar-refractivity contribution in [3.05, 3.63) is 0 Å². The SMILES string of the molecule is CC(=O)NC(CS(=O)CC(C)CC(C)C)C(=O)O. The van der Waals surface area contributed by atoms with Gasteiger partial charge in [-0.25, -0.2) is 4.79 Å². The van der Waals surface area contributed by atoms with E-state index in [0.717, 1.165) is 6.42 Å². The van der Waals surface area contributed by atoms with E-state index in [4.69, 9.17) is 5.11 Å². The maximum atomic E-state index is 11.8. The number of carboxylic acid groups (broad SMARTS) is 1. The molecule has 0 fully saturated rings. The Kier molecular flexibility index (Phi) is 7.82. The third-order valence-corrected chi connectivity index (χ3v) is 4.02. The van der Waals surface area contributed by atoms with Crippen molar-refractivity contribution in [3.8, 4) is 0 Å². The summed E-state index contributed by atoms with van der Waals surface area (Å²) in [5.74, 6) is -0.302. The standard InChI is InChI=1S/C12H23NO4S/c1-8(2)5-9(3)6-18(17)7-11(12(15)16)13-10(4)14/h8-9,11H,5-7H2,1-4H3,(H,13,14)(H,15,16). The van der Waals surface area contributed by atoms with Gasteiger partial charge in [0.25, 0.3) is 0 Å². The Morgan fingerprint density at radius 2 is 1.78 bits per heavy atom. The maximum absolute atomic E-state index is 11.8. The van der Waals surface area contributed by atoms with Crippen molar-refractivity contribution in [1.82, 2.24) is 5.32 Å². The van der Waals surface area contributed by atoms with Crippen molar-refractivity contribution in [1.29, 1.82) is 0 Å². The molecule has 0 bridgehead atoms. The first-order chi connectivity index (χ1) is 8.22. The smallest absolute Gasteiger partial charge is 0.327 e. The van der Waals surface area contributed by atoms with E-state index in [9.17, 15) is 13.8 Å². The third-order valence-electron chi connectivity index (χ3n) is 2.37. The Hall–Kier alpha value is -0.910. The van der Waals surface area contributed by atoms with Gasteiger partial charge in [0.05, 0.1) is 5.75 Å². The van der Waals surface area contributed by atoms with Gasteiger partial charge in [0.1, 0.15) is 6.04 Å². The average Bonchev–Trinajstić information content (AvgIpc) is 2.13. The van der Waals surface area contributed by atoms with Gasteiger partial charge in [-0.05, 0) is 18.3 Å². The van der Waals surface area contributed by atoms with E-state index in [2.05, 4.69) is 19.2 Å². The molecule has 1 amide bonds. The fourth-order valence-electron chi connectivity index (χ4n) is 1.86. The van der Waals surface area contributed by atoms with Crippen molar-refractivity contribution in [3.63, 3.8) is 0 Å². The van der Waals surface area contributed by atoms with Crippen LogP contribution in [0.4, 0.5) is 0 Å². The molecule has 106 valence electrons. The number of nitrogens with one attached hydrogen (secondary N) is 1. The lowest BCUT2D eigenvalue weighted by Crippen LogP contribution is -2.43. The quantitative estimate of drug-likeness (QED) is 0.693. The number of rotatable bonds is 8. The fraction of sp³-hybridized carbons (Fsp3) is 0.833. The lowest BCUT2D eigenvalue weighted by atomic mass is 10.0. The number of hydrogen-bond donors (Lipinski definition) is 2. The highest BCUT2D eigenvalue weighted by Gasteiger charge is 2.22. The second-order valence-corrected chi connectivity index (χ2v) is 6.65. The predicted molar refractivity (Wildman–Crippen MR) is 71.7 cm³/mol. The molecule has 6 heteroatoms.